The Balaban J connectivity index is 2.37. The van der Waals surface area contributed by atoms with Crippen LogP contribution in [0.5, 0.6) is 5.75 Å². The zero-order valence-corrected chi connectivity index (χ0v) is 11.0. The molecule has 0 fully saturated rings. The lowest BCUT2D eigenvalue weighted by molar-refractivity contribution is -0.120. The van der Waals surface area contributed by atoms with Crippen molar-refractivity contribution >= 4 is 17.3 Å². The Morgan fingerprint density at radius 3 is 2.83 bits per heavy atom. The molecular formula is C13H21N3O2. The third-order valence-corrected chi connectivity index (χ3v) is 2.49. The smallest absolute Gasteiger partial charge is 0.221 e. The highest BCUT2D eigenvalue weighted by Crippen LogP contribution is 2.24. The van der Waals surface area contributed by atoms with Gasteiger partial charge in [0.25, 0.3) is 0 Å². The number of ether oxygens (including phenoxy) is 1. The number of benzene rings is 1. The summed E-state index contributed by atoms with van der Waals surface area (Å²) >= 11 is 0. The van der Waals surface area contributed by atoms with Gasteiger partial charge in [-0.2, -0.15) is 0 Å². The molecule has 5 nitrogen and oxygen atoms in total. The van der Waals surface area contributed by atoms with Gasteiger partial charge < -0.3 is 21.1 Å². The van der Waals surface area contributed by atoms with Gasteiger partial charge in [0.15, 0.2) is 0 Å². The second kappa shape index (κ2) is 7.42. The molecule has 0 aliphatic rings. The lowest BCUT2D eigenvalue weighted by Gasteiger charge is -2.10. The Morgan fingerprint density at radius 2 is 2.17 bits per heavy atom. The van der Waals surface area contributed by atoms with E-state index in [9.17, 15) is 4.79 Å². The molecule has 18 heavy (non-hydrogen) atoms. The van der Waals surface area contributed by atoms with Crippen molar-refractivity contribution in [3.8, 4) is 5.75 Å². The van der Waals surface area contributed by atoms with Crippen molar-refractivity contribution in [2.45, 2.75) is 19.8 Å². The molecule has 0 unspecified atom stereocenters. The van der Waals surface area contributed by atoms with Crippen molar-refractivity contribution in [1.82, 2.24) is 5.32 Å². The van der Waals surface area contributed by atoms with Crippen LogP contribution in [0, 0.1) is 0 Å². The maximum Gasteiger partial charge on any atom is 0.221 e. The second-order valence-electron chi connectivity index (χ2n) is 3.98. The number of carbonyl (C=O) groups is 1. The van der Waals surface area contributed by atoms with Gasteiger partial charge in [-0.25, -0.2) is 0 Å². The largest absolute Gasteiger partial charge is 0.495 e. The molecule has 1 rings (SSSR count). The highest BCUT2D eigenvalue weighted by molar-refractivity contribution is 5.76. The van der Waals surface area contributed by atoms with Crippen molar-refractivity contribution in [3.05, 3.63) is 18.2 Å². The van der Waals surface area contributed by atoms with Gasteiger partial charge in [-0.3, -0.25) is 4.79 Å². The summed E-state index contributed by atoms with van der Waals surface area (Å²) in [6, 6.07) is 5.46. The molecule has 1 aromatic carbocycles. The molecule has 0 radical (unpaired) electrons. The number of carbonyl (C=O) groups excluding carboxylic acids is 1. The Kier molecular flexibility index (Phi) is 5.84. The minimum absolute atomic E-state index is 0.0618. The molecule has 0 atom stereocenters. The zero-order valence-electron chi connectivity index (χ0n) is 11.0. The van der Waals surface area contributed by atoms with Gasteiger partial charge in [-0.15, -0.1) is 0 Å². The van der Waals surface area contributed by atoms with E-state index in [2.05, 4.69) is 10.6 Å². The molecule has 0 aliphatic heterocycles. The highest BCUT2D eigenvalue weighted by atomic mass is 16.5. The molecule has 0 saturated heterocycles. The summed E-state index contributed by atoms with van der Waals surface area (Å²) in [5.74, 6) is 0.696. The van der Waals surface area contributed by atoms with Crippen molar-refractivity contribution in [3.63, 3.8) is 0 Å². The molecule has 5 heteroatoms. The first-order valence-corrected chi connectivity index (χ1v) is 6.11. The summed E-state index contributed by atoms with van der Waals surface area (Å²) in [5.41, 5.74) is 7.21. The Hall–Kier alpha value is -1.91. The number of hydrogen-bond acceptors (Lipinski definition) is 4. The normalized spacial score (nSPS) is 9.89. The van der Waals surface area contributed by atoms with E-state index in [1.807, 2.05) is 19.1 Å². The summed E-state index contributed by atoms with van der Waals surface area (Å²) < 4.78 is 5.12. The minimum Gasteiger partial charge on any atom is -0.495 e. The second-order valence-corrected chi connectivity index (χ2v) is 3.98. The fourth-order valence-electron chi connectivity index (χ4n) is 1.49. The predicted molar refractivity (Wildman–Crippen MR) is 73.8 cm³/mol. The van der Waals surface area contributed by atoms with Crippen molar-refractivity contribution in [1.29, 1.82) is 0 Å². The number of nitrogens with one attached hydrogen (secondary N) is 2. The first-order chi connectivity index (χ1) is 8.67. The van der Waals surface area contributed by atoms with E-state index in [0.717, 1.165) is 18.7 Å². The molecule has 0 bridgehead atoms. The Bertz CT molecular complexity index is 394. The lowest BCUT2D eigenvalue weighted by Crippen LogP contribution is -2.25. The summed E-state index contributed by atoms with van der Waals surface area (Å²) in [7, 11) is 1.58. The van der Waals surface area contributed by atoms with Gasteiger partial charge in [0.2, 0.25) is 5.91 Å². The maximum absolute atomic E-state index is 11.4. The summed E-state index contributed by atoms with van der Waals surface area (Å²) in [5, 5.41) is 5.98. The summed E-state index contributed by atoms with van der Waals surface area (Å²) in [6.07, 6.45) is 1.40. The van der Waals surface area contributed by atoms with Crippen LogP contribution in [-0.4, -0.2) is 26.1 Å². The highest BCUT2D eigenvalue weighted by Gasteiger charge is 2.02. The Morgan fingerprint density at radius 1 is 1.39 bits per heavy atom. The van der Waals surface area contributed by atoms with E-state index in [1.165, 1.54) is 0 Å². The SMILES string of the molecule is CCCNC(=O)CCNc1ccc(N)c(OC)c1. The standard InChI is InChI=1S/C13H21N3O2/c1-3-7-16-13(17)6-8-15-10-4-5-11(14)12(9-10)18-2/h4-5,9,15H,3,6-8,14H2,1-2H3,(H,16,17). The van der Waals surface area contributed by atoms with Crippen LogP contribution in [0.2, 0.25) is 0 Å². The van der Waals surface area contributed by atoms with Crippen molar-refractivity contribution < 1.29 is 9.53 Å². The molecular weight excluding hydrogens is 230 g/mol. The minimum atomic E-state index is 0.0618. The fraction of sp³-hybridized carbons (Fsp3) is 0.462. The monoisotopic (exact) mass is 251 g/mol. The third kappa shape index (κ3) is 4.53. The number of anilines is 2. The van der Waals surface area contributed by atoms with Crippen molar-refractivity contribution in [2.75, 3.05) is 31.2 Å². The molecule has 0 aliphatic carbocycles. The van der Waals surface area contributed by atoms with Crippen LogP contribution >= 0.6 is 0 Å². The molecule has 1 aromatic rings. The number of nitrogen functional groups attached to an aromatic ring is 1. The van der Waals surface area contributed by atoms with Crippen LogP contribution in [0.15, 0.2) is 18.2 Å². The van der Waals surface area contributed by atoms with E-state index in [-0.39, 0.29) is 5.91 Å². The Labute approximate surface area is 108 Å². The van der Waals surface area contributed by atoms with E-state index in [1.54, 1.807) is 13.2 Å². The van der Waals surface area contributed by atoms with Crippen LogP contribution in [0.3, 0.4) is 0 Å². The van der Waals surface area contributed by atoms with E-state index in [4.69, 9.17) is 10.5 Å². The molecule has 1 amide bonds. The van der Waals surface area contributed by atoms with Gasteiger partial charge in [-0.1, -0.05) is 6.92 Å². The van der Waals surface area contributed by atoms with Gasteiger partial charge in [-0.05, 0) is 18.6 Å². The molecule has 0 aromatic heterocycles. The molecule has 0 saturated carbocycles. The third-order valence-electron chi connectivity index (χ3n) is 2.49. The van der Waals surface area contributed by atoms with E-state index < -0.39 is 0 Å². The predicted octanol–water partition coefficient (Wildman–Crippen LogP) is 1.61. The molecule has 0 spiro atoms. The van der Waals surface area contributed by atoms with Crippen LogP contribution in [0.1, 0.15) is 19.8 Å². The average molecular weight is 251 g/mol. The number of amides is 1. The zero-order chi connectivity index (χ0) is 13.4. The van der Waals surface area contributed by atoms with Crippen LogP contribution < -0.4 is 21.1 Å². The van der Waals surface area contributed by atoms with Crippen molar-refractivity contribution in [2.24, 2.45) is 0 Å². The van der Waals surface area contributed by atoms with Crippen LogP contribution in [0.4, 0.5) is 11.4 Å². The summed E-state index contributed by atoms with van der Waals surface area (Å²) in [6.45, 7) is 3.34. The van der Waals surface area contributed by atoms with E-state index in [0.29, 0.717) is 24.4 Å². The number of rotatable bonds is 7. The van der Waals surface area contributed by atoms with Gasteiger partial charge in [0.1, 0.15) is 5.75 Å². The number of hydrogen-bond donors (Lipinski definition) is 3. The topological polar surface area (TPSA) is 76.4 Å². The van der Waals surface area contributed by atoms with Gasteiger partial charge in [0.05, 0.1) is 12.8 Å². The van der Waals surface area contributed by atoms with Gasteiger partial charge >= 0.3 is 0 Å². The van der Waals surface area contributed by atoms with Gasteiger partial charge in [0, 0.05) is 31.3 Å². The maximum atomic E-state index is 11.4. The molecule has 0 heterocycles. The molecule has 4 N–H and O–H groups in total. The lowest BCUT2D eigenvalue weighted by atomic mass is 10.2. The molecule has 100 valence electrons. The average Bonchev–Trinajstić information content (AvgIpc) is 2.38. The van der Waals surface area contributed by atoms with Crippen LogP contribution in [0.25, 0.3) is 0 Å². The first-order valence-electron chi connectivity index (χ1n) is 6.11. The first kappa shape index (κ1) is 14.2. The fourth-order valence-corrected chi connectivity index (χ4v) is 1.49. The summed E-state index contributed by atoms with van der Waals surface area (Å²) in [4.78, 5) is 11.4. The number of methoxy groups -OCH3 is 1. The van der Waals surface area contributed by atoms with Crippen LogP contribution in [-0.2, 0) is 4.79 Å². The van der Waals surface area contributed by atoms with E-state index >= 15 is 0 Å². The number of nitrogens with two attached hydrogens (primary N) is 1. The quantitative estimate of drug-likeness (QED) is 0.643.